The number of carbonyl (C=O) groups excluding carboxylic acids is 1. The number of halogens is 1. The molecule has 0 atom stereocenters. The Morgan fingerprint density at radius 2 is 2.05 bits per heavy atom. The van der Waals surface area contributed by atoms with Crippen LogP contribution in [0, 0.1) is 0 Å². The van der Waals surface area contributed by atoms with Gasteiger partial charge < -0.3 is 16.0 Å². The topological polar surface area (TPSA) is 58.4 Å². The summed E-state index contributed by atoms with van der Waals surface area (Å²) in [6.07, 6.45) is 0. The molecule has 19 heavy (non-hydrogen) atoms. The lowest BCUT2D eigenvalue weighted by Crippen LogP contribution is -2.36. The van der Waals surface area contributed by atoms with Gasteiger partial charge in [0.25, 0.3) is 0 Å². The Morgan fingerprint density at radius 3 is 2.58 bits per heavy atom. The van der Waals surface area contributed by atoms with E-state index >= 15 is 0 Å². The lowest BCUT2D eigenvalue weighted by atomic mass is 10.1. The van der Waals surface area contributed by atoms with Crippen LogP contribution in [0.15, 0.2) is 18.2 Å². The number of hydrogen-bond donors (Lipinski definition) is 2. The van der Waals surface area contributed by atoms with Gasteiger partial charge in [0.15, 0.2) is 0 Å². The van der Waals surface area contributed by atoms with E-state index in [1.54, 1.807) is 0 Å². The lowest BCUT2D eigenvalue weighted by molar-refractivity contribution is -0.116. The Balaban J connectivity index is 2.94. The first-order valence-corrected chi connectivity index (χ1v) is 6.60. The van der Waals surface area contributed by atoms with Gasteiger partial charge in [-0.05, 0) is 38.5 Å². The molecule has 3 N–H and O–H groups in total. The van der Waals surface area contributed by atoms with Gasteiger partial charge in [0.1, 0.15) is 0 Å². The number of anilines is 1. The molecule has 1 amide bonds. The molecule has 0 radical (unpaired) electrons. The van der Waals surface area contributed by atoms with E-state index in [9.17, 15) is 4.79 Å². The molecule has 0 spiro atoms. The fourth-order valence-electron chi connectivity index (χ4n) is 1.72. The number of primary amides is 1. The van der Waals surface area contributed by atoms with Gasteiger partial charge in [-0.2, -0.15) is 0 Å². The van der Waals surface area contributed by atoms with E-state index in [4.69, 9.17) is 17.3 Å². The van der Waals surface area contributed by atoms with E-state index in [1.165, 1.54) is 0 Å². The van der Waals surface area contributed by atoms with Crippen molar-refractivity contribution in [3.8, 4) is 0 Å². The van der Waals surface area contributed by atoms with E-state index < -0.39 is 0 Å². The van der Waals surface area contributed by atoms with Crippen molar-refractivity contribution in [3.05, 3.63) is 28.8 Å². The van der Waals surface area contributed by atoms with Gasteiger partial charge in [-0.25, -0.2) is 0 Å². The van der Waals surface area contributed by atoms with Crippen molar-refractivity contribution in [2.75, 3.05) is 18.5 Å². The molecular formula is C14H22ClN3O. The van der Waals surface area contributed by atoms with Gasteiger partial charge in [0.05, 0.1) is 6.54 Å². The smallest absolute Gasteiger partial charge is 0.236 e. The molecule has 0 aliphatic heterocycles. The molecule has 0 aliphatic rings. The zero-order valence-corrected chi connectivity index (χ0v) is 12.7. The van der Waals surface area contributed by atoms with Crippen LogP contribution >= 0.6 is 11.6 Å². The van der Waals surface area contributed by atoms with Crippen LogP contribution in [0.2, 0.25) is 5.02 Å². The summed E-state index contributed by atoms with van der Waals surface area (Å²) in [6.45, 7) is 7.20. The number of likely N-dealkylation sites (N-methyl/N-ethyl adjacent to an activating group) is 1. The maximum atomic E-state index is 11.0. The van der Waals surface area contributed by atoms with Crippen LogP contribution in [-0.4, -0.2) is 25.0 Å². The highest BCUT2D eigenvalue weighted by molar-refractivity contribution is 6.30. The third kappa shape index (κ3) is 5.49. The number of rotatable bonds is 5. The predicted octanol–water partition coefficient (Wildman–Crippen LogP) is 2.15. The maximum Gasteiger partial charge on any atom is 0.236 e. The van der Waals surface area contributed by atoms with Crippen LogP contribution in [0.3, 0.4) is 0 Å². The van der Waals surface area contributed by atoms with Crippen LogP contribution < -0.4 is 16.0 Å². The molecular weight excluding hydrogens is 262 g/mol. The third-order valence-electron chi connectivity index (χ3n) is 2.66. The van der Waals surface area contributed by atoms with E-state index in [2.05, 4.69) is 26.1 Å². The number of amides is 1. The summed E-state index contributed by atoms with van der Waals surface area (Å²) >= 11 is 6.02. The van der Waals surface area contributed by atoms with Crippen LogP contribution in [0.25, 0.3) is 0 Å². The van der Waals surface area contributed by atoms with E-state index in [0.29, 0.717) is 11.6 Å². The highest BCUT2D eigenvalue weighted by atomic mass is 35.5. The van der Waals surface area contributed by atoms with Crippen molar-refractivity contribution in [2.45, 2.75) is 32.9 Å². The van der Waals surface area contributed by atoms with Crippen molar-refractivity contribution in [2.24, 2.45) is 5.73 Å². The highest BCUT2D eigenvalue weighted by Gasteiger charge is 2.13. The molecule has 1 aromatic carbocycles. The largest absolute Gasteiger partial charge is 0.368 e. The molecule has 0 fully saturated rings. The summed E-state index contributed by atoms with van der Waals surface area (Å²) in [7, 11) is 1.83. The third-order valence-corrected chi connectivity index (χ3v) is 2.90. The number of nitrogens with zero attached hydrogens (tertiary/aromatic N) is 1. The first-order valence-electron chi connectivity index (χ1n) is 6.22. The first-order chi connectivity index (χ1) is 8.69. The molecule has 0 saturated carbocycles. The van der Waals surface area contributed by atoms with Crippen molar-refractivity contribution in [1.82, 2.24) is 5.32 Å². The summed E-state index contributed by atoms with van der Waals surface area (Å²) in [6, 6.07) is 5.67. The summed E-state index contributed by atoms with van der Waals surface area (Å²) in [5, 5.41) is 4.06. The fraction of sp³-hybridized carbons (Fsp3) is 0.500. The molecule has 1 aromatic rings. The van der Waals surface area contributed by atoms with E-state index in [0.717, 1.165) is 11.3 Å². The average Bonchev–Trinajstić information content (AvgIpc) is 2.25. The van der Waals surface area contributed by atoms with Crippen molar-refractivity contribution in [1.29, 1.82) is 0 Å². The minimum Gasteiger partial charge on any atom is -0.368 e. The summed E-state index contributed by atoms with van der Waals surface area (Å²) in [5.41, 5.74) is 7.27. The zero-order valence-electron chi connectivity index (χ0n) is 12.0. The molecule has 1 rings (SSSR count). The quantitative estimate of drug-likeness (QED) is 0.870. The van der Waals surface area contributed by atoms with E-state index in [-0.39, 0.29) is 18.0 Å². The van der Waals surface area contributed by atoms with Gasteiger partial charge in [-0.1, -0.05) is 17.7 Å². The van der Waals surface area contributed by atoms with Crippen molar-refractivity contribution >= 4 is 23.2 Å². The van der Waals surface area contributed by atoms with Crippen molar-refractivity contribution < 1.29 is 4.79 Å². The van der Waals surface area contributed by atoms with Gasteiger partial charge in [0, 0.05) is 29.8 Å². The standard InChI is InChI=1S/C14H22ClN3O/c1-14(2,3)17-8-10-5-6-11(15)7-12(10)18(4)9-13(16)19/h5-7,17H,8-9H2,1-4H3,(H2,16,19). The molecule has 0 bridgehead atoms. The average molecular weight is 284 g/mol. The monoisotopic (exact) mass is 283 g/mol. The SMILES string of the molecule is CN(CC(N)=O)c1cc(Cl)ccc1CNC(C)(C)C. The number of hydrogen-bond acceptors (Lipinski definition) is 3. The molecule has 0 saturated heterocycles. The molecule has 4 nitrogen and oxygen atoms in total. The Morgan fingerprint density at radius 1 is 1.42 bits per heavy atom. The second-order valence-corrected chi connectivity index (χ2v) is 6.14. The zero-order chi connectivity index (χ0) is 14.6. The van der Waals surface area contributed by atoms with Crippen LogP contribution in [0.1, 0.15) is 26.3 Å². The number of nitrogens with two attached hydrogens (primary N) is 1. The number of nitrogens with one attached hydrogen (secondary N) is 1. The summed E-state index contributed by atoms with van der Waals surface area (Å²) < 4.78 is 0. The Labute approximate surface area is 119 Å². The van der Waals surface area contributed by atoms with Crippen molar-refractivity contribution in [3.63, 3.8) is 0 Å². The maximum absolute atomic E-state index is 11.0. The Hall–Kier alpha value is -1.26. The molecule has 106 valence electrons. The first kappa shape index (κ1) is 15.8. The minimum absolute atomic E-state index is 0.0269. The number of benzene rings is 1. The fourth-order valence-corrected chi connectivity index (χ4v) is 1.89. The number of carbonyl (C=O) groups is 1. The summed E-state index contributed by atoms with van der Waals surface area (Å²) in [5.74, 6) is -0.364. The molecule has 5 heteroatoms. The molecule has 0 heterocycles. The molecule has 0 aromatic heterocycles. The molecule has 0 unspecified atom stereocenters. The summed E-state index contributed by atoms with van der Waals surface area (Å²) in [4.78, 5) is 12.8. The van der Waals surface area contributed by atoms with Crippen LogP contribution in [0.5, 0.6) is 0 Å². The van der Waals surface area contributed by atoms with Crippen LogP contribution in [0.4, 0.5) is 5.69 Å². The Kier molecular flexibility index (Phi) is 5.20. The highest BCUT2D eigenvalue weighted by Crippen LogP contribution is 2.24. The van der Waals surface area contributed by atoms with Gasteiger partial charge in [-0.15, -0.1) is 0 Å². The van der Waals surface area contributed by atoms with Gasteiger partial charge in [-0.3, -0.25) is 4.79 Å². The molecule has 0 aliphatic carbocycles. The Bertz CT molecular complexity index is 454. The second-order valence-electron chi connectivity index (χ2n) is 5.70. The second kappa shape index (κ2) is 6.26. The van der Waals surface area contributed by atoms with Gasteiger partial charge in [0.2, 0.25) is 5.91 Å². The lowest BCUT2D eigenvalue weighted by Gasteiger charge is -2.25. The normalized spacial score (nSPS) is 11.4. The predicted molar refractivity (Wildman–Crippen MR) is 80.5 cm³/mol. The minimum atomic E-state index is -0.364. The van der Waals surface area contributed by atoms with Crippen LogP contribution in [-0.2, 0) is 11.3 Å². The van der Waals surface area contributed by atoms with E-state index in [1.807, 2.05) is 30.1 Å². The van der Waals surface area contributed by atoms with Gasteiger partial charge >= 0.3 is 0 Å².